The number of hydrogen-bond donors (Lipinski definition) is 0. The second kappa shape index (κ2) is 4.56. The van der Waals surface area contributed by atoms with Crippen molar-refractivity contribution in [2.75, 3.05) is 7.11 Å². The Morgan fingerprint density at radius 2 is 2.09 bits per heavy atom. The van der Waals surface area contributed by atoms with Gasteiger partial charge < -0.3 is 7.80 Å². The van der Waals surface area contributed by atoms with Crippen LogP contribution in [-0.4, -0.2) is 7.11 Å². The Balaban J connectivity index is 2.83. The summed E-state index contributed by atoms with van der Waals surface area (Å²) in [5.41, 5.74) is 1.07. The number of halogens is 1. The van der Waals surface area contributed by atoms with Crippen LogP contribution in [0, 0.1) is 0 Å². The van der Waals surface area contributed by atoms with E-state index in [1.165, 1.54) is 0 Å². The molecule has 0 amide bonds. The van der Waals surface area contributed by atoms with Crippen LogP contribution in [0.3, 0.4) is 0 Å². The van der Waals surface area contributed by atoms with Gasteiger partial charge in [-0.15, -0.1) is 0 Å². The van der Waals surface area contributed by atoms with Crippen LogP contribution < -0.4 is 4.74 Å². The van der Waals surface area contributed by atoms with Crippen LogP contribution in [0.2, 0.25) is 0 Å². The summed E-state index contributed by atoms with van der Waals surface area (Å²) in [6, 6.07) is 7.81. The molecule has 0 fully saturated rings. The molecule has 0 saturated heterocycles. The fourth-order valence-corrected chi connectivity index (χ4v) is 1.22. The third-order valence-electron chi connectivity index (χ3n) is 1.40. The lowest BCUT2D eigenvalue weighted by Gasteiger charge is -2.04. The van der Waals surface area contributed by atoms with Gasteiger partial charge in [0.15, 0.2) is 0 Å². The molecule has 1 aromatic rings. The van der Waals surface area contributed by atoms with E-state index in [1.54, 1.807) is 7.11 Å². The van der Waals surface area contributed by atoms with Gasteiger partial charge in [-0.25, -0.2) is 0 Å². The molecule has 1 aromatic carbocycles. The molecule has 0 unspecified atom stereocenters. The summed E-state index contributed by atoms with van der Waals surface area (Å²) in [6.07, 6.45) is 0. The molecule has 0 spiro atoms. The highest BCUT2D eigenvalue weighted by Crippen LogP contribution is 2.18. The van der Waals surface area contributed by atoms with Gasteiger partial charge in [-0.3, -0.25) is 0 Å². The zero-order chi connectivity index (χ0) is 8.10. The van der Waals surface area contributed by atoms with Crippen molar-refractivity contribution in [1.82, 2.24) is 0 Å². The molecule has 0 aromatic heterocycles. The van der Waals surface area contributed by atoms with Gasteiger partial charge in [0.25, 0.3) is 0 Å². The molecular weight excluding hydrogens is 255 g/mol. The highest BCUT2D eigenvalue weighted by molar-refractivity contribution is 14.1. The minimum atomic E-state index is 0.588. The maximum atomic E-state index is 5.11. The van der Waals surface area contributed by atoms with Gasteiger partial charge in [-0.1, -0.05) is 18.2 Å². The lowest BCUT2D eigenvalue weighted by molar-refractivity contribution is 0.376. The number of benzene rings is 1. The fourth-order valence-electron chi connectivity index (χ4n) is 0.881. The van der Waals surface area contributed by atoms with Crippen molar-refractivity contribution in [2.24, 2.45) is 0 Å². The Hall–Kier alpha value is -0.290. The fraction of sp³-hybridized carbons (Fsp3) is 0.250. The van der Waals surface area contributed by atoms with Crippen molar-refractivity contribution in [2.45, 2.75) is 6.61 Å². The summed E-state index contributed by atoms with van der Waals surface area (Å²) >= 11 is 1.87. The zero-order valence-electron chi connectivity index (χ0n) is 6.21. The third-order valence-corrected chi connectivity index (χ3v) is 1.71. The average Bonchev–Trinajstić information content (AvgIpc) is 2.06. The standard InChI is InChI=1S/C8H9IO2/c1-10-8-5-3-2-4-7(8)6-11-9/h2-5H,6H2,1H3. The first-order chi connectivity index (χ1) is 5.38. The molecule has 1 rings (SSSR count). The van der Waals surface area contributed by atoms with Crippen LogP contribution in [0.1, 0.15) is 5.56 Å². The SMILES string of the molecule is COc1ccccc1COI. The molecule has 2 nitrogen and oxygen atoms in total. The number of methoxy groups -OCH3 is 1. The average molecular weight is 264 g/mol. The van der Waals surface area contributed by atoms with Crippen molar-refractivity contribution in [3.63, 3.8) is 0 Å². The van der Waals surface area contributed by atoms with E-state index >= 15 is 0 Å². The summed E-state index contributed by atoms with van der Waals surface area (Å²) in [4.78, 5) is 0. The van der Waals surface area contributed by atoms with Crippen LogP contribution in [0.5, 0.6) is 5.75 Å². The Morgan fingerprint density at radius 3 is 2.73 bits per heavy atom. The molecule has 0 heterocycles. The molecule has 0 bridgehead atoms. The number of hydrogen-bond acceptors (Lipinski definition) is 2. The normalized spacial score (nSPS) is 9.64. The number of ether oxygens (including phenoxy) is 1. The summed E-state index contributed by atoms with van der Waals surface area (Å²) in [7, 11) is 1.66. The molecule has 0 aliphatic rings. The Morgan fingerprint density at radius 1 is 1.36 bits per heavy atom. The summed E-state index contributed by atoms with van der Waals surface area (Å²) in [5.74, 6) is 0.879. The van der Waals surface area contributed by atoms with Crippen molar-refractivity contribution in [1.29, 1.82) is 0 Å². The molecule has 0 atom stereocenters. The second-order valence-electron chi connectivity index (χ2n) is 2.07. The summed E-state index contributed by atoms with van der Waals surface area (Å²) in [5, 5.41) is 0. The predicted molar refractivity (Wildman–Crippen MR) is 51.8 cm³/mol. The topological polar surface area (TPSA) is 18.5 Å². The van der Waals surface area contributed by atoms with Crippen LogP contribution in [-0.2, 0) is 9.67 Å². The van der Waals surface area contributed by atoms with E-state index in [9.17, 15) is 0 Å². The minimum Gasteiger partial charge on any atom is -0.496 e. The number of para-hydroxylation sites is 1. The first-order valence-corrected chi connectivity index (χ1v) is 4.12. The van der Waals surface area contributed by atoms with E-state index < -0.39 is 0 Å². The highest BCUT2D eigenvalue weighted by Gasteiger charge is 1.99. The molecular formula is C8H9IO2. The summed E-state index contributed by atoms with van der Waals surface area (Å²) in [6.45, 7) is 0.588. The molecule has 0 aliphatic carbocycles. The molecule has 0 N–H and O–H groups in total. The minimum absolute atomic E-state index is 0.588. The van der Waals surface area contributed by atoms with E-state index in [1.807, 2.05) is 47.3 Å². The summed E-state index contributed by atoms with van der Waals surface area (Å²) < 4.78 is 10.1. The first-order valence-electron chi connectivity index (χ1n) is 3.24. The lowest BCUT2D eigenvalue weighted by Crippen LogP contribution is -1.90. The van der Waals surface area contributed by atoms with Gasteiger partial charge in [0.1, 0.15) is 28.8 Å². The van der Waals surface area contributed by atoms with Crippen molar-refractivity contribution >= 4 is 23.0 Å². The largest absolute Gasteiger partial charge is 0.496 e. The first kappa shape index (κ1) is 8.80. The molecule has 0 aliphatic heterocycles. The van der Waals surface area contributed by atoms with E-state index in [0.29, 0.717) is 6.61 Å². The van der Waals surface area contributed by atoms with E-state index in [2.05, 4.69) is 0 Å². The van der Waals surface area contributed by atoms with Crippen LogP contribution in [0.15, 0.2) is 24.3 Å². The monoisotopic (exact) mass is 264 g/mol. The van der Waals surface area contributed by atoms with E-state index in [0.717, 1.165) is 11.3 Å². The third kappa shape index (κ3) is 2.34. The zero-order valence-corrected chi connectivity index (χ0v) is 8.37. The van der Waals surface area contributed by atoms with Gasteiger partial charge in [0.05, 0.1) is 13.7 Å². The molecule has 3 heteroatoms. The molecule has 60 valence electrons. The Bertz CT molecular complexity index is 225. The van der Waals surface area contributed by atoms with E-state index in [4.69, 9.17) is 7.80 Å². The van der Waals surface area contributed by atoms with E-state index in [-0.39, 0.29) is 0 Å². The predicted octanol–water partition coefficient (Wildman–Crippen LogP) is 2.56. The molecule has 0 saturated carbocycles. The van der Waals surface area contributed by atoms with Crippen LogP contribution in [0.4, 0.5) is 0 Å². The van der Waals surface area contributed by atoms with Crippen LogP contribution >= 0.6 is 23.0 Å². The van der Waals surface area contributed by atoms with Crippen molar-refractivity contribution in [3.05, 3.63) is 29.8 Å². The molecule has 11 heavy (non-hydrogen) atoms. The van der Waals surface area contributed by atoms with Crippen molar-refractivity contribution < 1.29 is 7.80 Å². The molecule has 0 radical (unpaired) electrons. The Kier molecular flexibility index (Phi) is 3.65. The Labute approximate surface area is 80.2 Å². The van der Waals surface area contributed by atoms with Crippen molar-refractivity contribution in [3.8, 4) is 5.75 Å². The highest BCUT2D eigenvalue weighted by atomic mass is 127. The second-order valence-corrected chi connectivity index (χ2v) is 2.69. The van der Waals surface area contributed by atoms with Gasteiger partial charge in [-0.05, 0) is 6.07 Å². The van der Waals surface area contributed by atoms with Gasteiger partial charge in [0, 0.05) is 5.56 Å². The lowest BCUT2D eigenvalue weighted by atomic mass is 10.2. The quantitative estimate of drug-likeness (QED) is 0.781. The van der Waals surface area contributed by atoms with Gasteiger partial charge in [0.2, 0.25) is 0 Å². The number of rotatable bonds is 3. The maximum Gasteiger partial charge on any atom is 0.124 e. The maximum absolute atomic E-state index is 5.11. The smallest absolute Gasteiger partial charge is 0.124 e. The van der Waals surface area contributed by atoms with Gasteiger partial charge >= 0.3 is 0 Å². The van der Waals surface area contributed by atoms with Crippen LogP contribution in [0.25, 0.3) is 0 Å². The van der Waals surface area contributed by atoms with Gasteiger partial charge in [-0.2, -0.15) is 0 Å².